The van der Waals surface area contributed by atoms with E-state index in [4.69, 9.17) is 0 Å². The van der Waals surface area contributed by atoms with Gasteiger partial charge in [0.15, 0.2) is 0 Å². The van der Waals surface area contributed by atoms with E-state index in [-0.39, 0.29) is 0 Å². The third-order valence-electron chi connectivity index (χ3n) is 5.04. The number of nitrogens with zero attached hydrogens (tertiary/aromatic N) is 3. The fraction of sp³-hybridized carbons (Fsp3) is 0.706. The van der Waals surface area contributed by atoms with Crippen LogP contribution in [0.1, 0.15) is 32.6 Å². The minimum Gasteiger partial charge on any atom is -0.381 e. The number of aromatic nitrogens is 1. The zero-order valence-electron chi connectivity index (χ0n) is 13.4. The van der Waals surface area contributed by atoms with Gasteiger partial charge in [-0.25, -0.2) is 4.98 Å². The van der Waals surface area contributed by atoms with Gasteiger partial charge in [-0.3, -0.25) is 0 Å². The van der Waals surface area contributed by atoms with Crippen molar-refractivity contribution >= 4 is 11.5 Å². The summed E-state index contributed by atoms with van der Waals surface area (Å²) in [5.41, 5.74) is 1.16. The van der Waals surface area contributed by atoms with Gasteiger partial charge < -0.3 is 15.1 Å². The van der Waals surface area contributed by atoms with E-state index in [0.29, 0.717) is 6.04 Å². The van der Waals surface area contributed by atoms with E-state index in [1.165, 1.54) is 38.8 Å². The number of hydrogen-bond acceptors (Lipinski definition) is 4. The zero-order valence-corrected chi connectivity index (χ0v) is 13.4. The molecular weight excluding hydrogens is 260 g/mol. The zero-order chi connectivity index (χ0) is 14.7. The molecule has 0 radical (unpaired) electrons. The van der Waals surface area contributed by atoms with Crippen LogP contribution >= 0.6 is 0 Å². The minimum absolute atomic E-state index is 0.526. The standard InChI is InChI=1S/C17H28N4/c1-14(15-7-11-20(2)12-8-15)19-16-5-6-17(18-13-16)21-9-3-4-10-21/h5-6,13-15,19H,3-4,7-12H2,1-2H3. The molecule has 0 aliphatic carbocycles. The molecule has 21 heavy (non-hydrogen) atoms. The predicted octanol–water partition coefficient (Wildman–Crippen LogP) is 2.82. The van der Waals surface area contributed by atoms with Gasteiger partial charge in [0, 0.05) is 19.1 Å². The number of rotatable bonds is 4. The SMILES string of the molecule is CC(Nc1ccc(N2CCCC2)nc1)C1CCN(C)CC1. The predicted molar refractivity (Wildman–Crippen MR) is 89.0 cm³/mol. The van der Waals surface area contributed by atoms with E-state index in [1.54, 1.807) is 0 Å². The summed E-state index contributed by atoms with van der Waals surface area (Å²) in [6, 6.07) is 4.87. The Morgan fingerprint density at radius 1 is 1.14 bits per heavy atom. The van der Waals surface area contributed by atoms with Gasteiger partial charge >= 0.3 is 0 Å². The quantitative estimate of drug-likeness (QED) is 0.923. The van der Waals surface area contributed by atoms with Gasteiger partial charge in [-0.15, -0.1) is 0 Å². The minimum atomic E-state index is 0.526. The third kappa shape index (κ3) is 3.67. The maximum atomic E-state index is 4.63. The Labute approximate surface area is 128 Å². The molecule has 4 nitrogen and oxygen atoms in total. The lowest BCUT2D eigenvalue weighted by Crippen LogP contribution is -2.37. The molecular formula is C17H28N4. The molecule has 4 heteroatoms. The summed E-state index contributed by atoms with van der Waals surface area (Å²) in [4.78, 5) is 9.43. The fourth-order valence-electron chi connectivity index (χ4n) is 3.51. The molecule has 1 aromatic heterocycles. The van der Waals surface area contributed by atoms with Crippen LogP contribution in [-0.2, 0) is 0 Å². The second-order valence-electron chi connectivity index (χ2n) is 6.67. The molecule has 0 spiro atoms. The summed E-state index contributed by atoms with van der Waals surface area (Å²) in [5.74, 6) is 1.91. The molecule has 1 N–H and O–H groups in total. The van der Waals surface area contributed by atoms with Crippen molar-refractivity contribution in [2.75, 3.05) is 43.4 Å². The fourth-order valence-corrected chi connectivity index (χ4v) is 3.51. The first-order valence-electron chi connectivity index (χ1n) is 8.38. The maximum Gasteiger partial charge on any atom is 0.128 e. The Morgan fingerprint density at radius 2 is 1.86 bits per heavy atom. The Morgan fingerprint density at radius 3 is 2.48 bits per heavy atom. The Hall–Kier alpha value is -1.29. The van der Waals surface area contributed by atoms with E-state index >= 15 is 0 Å². The molecule has 116 valence electrons. The Kier molecular flexibility index (Phi) is 4.63. The Balaban J connectivity index is 1.54. The smallest absolute Gasteiger partial charge is 0.128 e. The van der Waals surface area contributed by atoms with Crippen molar-refractivity contribution in [2.24, 2.45) is 5.92 Å². The third-order valence-corrected chi connectivity index (χ3v) is 5.04. The van der Waals surface area contributed by atoms with E-state index < -0.39 is 0 Å². The van der Waals surface area contributed by atoms with Crippen LogP contribution in [0.4, 0.5) is 11.5 Å². The van der Waals surface area contributed by atoms with Gasteiger partial charge in [0.05, 0.1) is 11.9 Å². The van der Waals surface area contributed by atoms with Gasteiger partial charge in [0.25, 0.3) is 0 Å². The van der Waals surface area contributed by atoms with Crippen molar-refractivity contribution in [3.8, 4) is 0 Å². The molecule has 0 amide bonds. The molecule has 2 aliphatic heterocycles. The van der Waals surface area contributed by atoms with Crippen LogP contribution in [0.3, 0.4) is 0 Å². The monoisotopic (exact) mass is 288 g/mol. The molecule has 2 aliphatic rings. The van der Waals surface area contributed by atoms with E-state index in [2.05, 4.69) is 46.2 Å². The first kappa shape index (κ1) is 14.6. The average Bonchev–Trinajstić information content (AvgIpc) is 3.03. The van der Waals surface area contributed by atoms with Crippen molar-refractivity contribution in [1.82, 2.24) is 9.88 Å². The summed E-state index contributed by atoms with van der Waals surface area (Å²) in [5, 5.41) is 3.64. The largest absolute Gasteiger partial charge is 0.381 e. The lowest BCUT2D eigenvalue weighted by Gasteiger charge is -2.33. The van der Waals surface area contributed by atoms with E-state index in [1.807, 2.05) is 6.20 Å². The Bertz CT molecular complexity index is 431. The van der Waals surface area contributed by atoms with Crippen molar-refractivity contribution in [1.29, 1.82) is 0 Å². The molecule has 0 aromatic carbocycles. The topological polar surface area (TPSA) is 31.4 Å². The summed E-state index contributed by atoms with van der Waals surface area (Å²) >= 11 is 0. The summed E-state index contributed by atoms with van der Waals surface area (Å²) < 4.78 is 0. The second-order valence-corrected chi connectivity index (χ2v) is 6.67. The van der Waals surface area contributed by atoms with Crippen molar-refractivity contribution < 1.29 is 0 Å². The van der Waals surface area contributed by atoms with Gasteiger partial charge in [0.2, 0.25) is 0 Å². The maximum absolute atomic E-state index is 4.63. The molecule has 1 aromatic rings. The highest BCUT2D eigenvalue weighted by atomic mass is 15.2. The van der Waals surface area contributed by atoms with Crippen LogP contribution < -0.4 is 10.2 Å². The molecule has 0 saturated carbocycles. The van der Waals surface area contributed by atoms with Crippen LogP contribution in [0.15, 0.2) is 18.3 Å². The van der Waals surface area contributed by atoms with Gasteiger partial charge in [-0.05, 0) is 70.8 Å². The summed E-state index contributed by atoms with van der Waals surface area (Å²) in [7, 11) is 2.22. The molecule has 2 fully saturated rings. The van der Waals surface area contributed by atoms with Crippen LogP contribution in [0.2, 0.25) is 0 Å². The van der Waals surface area contributed by atoms with Gasteiger partial charge in [0.1, 0.15) is 5.82 Å². The lowest BCUT2D eigenvalue weighted by molar-refractivity contribution is 0.208. The van der Waals surface area contributed by atoms with E-state index in [9.17, 15) is 0 Å². The molecule has 3 rings (SSSR count). The summed E-state index contributed by atoms with van der Waals surface area (Å²) in [6.45, 7) is 7.08. The van der Waals surface area contributed by atoms with Crippen molar-refractivity contribution in [3.63, 3.8) is 0 Å². The highest BCUT2D eigenvalue weighted by molar-refractivity contribution is 5.49. The van der Waals surface area contributed by atoms with Crippen LogP contribution in [-0.4, -0.2) is 49.2 Å². The van der Waals surface area contributed by atoms with Crippen LogP contribution in [0, 0.1) is 5.92 Å². The highest BCUT2D eigenvalue weighted by Gasteiger charge is 2.22. The van der Waals surface area contributed by atoms with Crippen LogP contribution in [0.5, 0.6) is 0 Å². The van der Waals surface area contributed by atoms with Crippen molar-refractivity contribution in [2.45, 2.75) is 38.6 Å². The number of piperidine rings is 1. The molecule has 0 bridgehead atoms. The first-order chi connectivity index (χ1) is 10.2. The number of pyridine rings is 1. The van der Waals surface area contributed by atoms with Gasteiger partial charge in [-0.2, -0.15) is 0 Å². The van der Waals surface area contributed by atoms with Gasteiger partial charge in [-0.1, -0.05) is 0 Å². The van der Waals surface area contributed by atoms with Crippen molar-refractivity contribution in [3.05, 3.63) is 18.3 Å². The van der Waals surface area contributed by atoms with Crippen LogP contribution in [0.25, 0.3) is 0 Å². The number of nitrogens with one attached hydrogen (secondary N) is 1. The first-order valence-corrected chi connectivity index (χ1v) is 8.38. The normalized spacial score (nSPS) is 22.5. The lowest BCUT2D eigenvalue weighted by atomic mass is 9.90. The molecule has 3 heterocycles. The number of anilines is 2. The molecule has 1 unspecified atom stereocenters. The molecule has 1 atom stereocenters. The average molecular weight is 288 g/mol. The second kappa shape index (κ2) is 6.65. The summed E-state index contributed by atoms with van der Waals surface area (Å²) in [6.07, 6.45) is 7.19. The molecule has 2 saturated heterocycles. The van der Waals surface area contributed by atoms with E-state index in [0.717, 1.165) is 30.5 Å². The number of likely N-dealkylation sites (tertiary alicyclic amines) is 1. The number of hydrogen-bond donors (Lipinski definition) is 1. The highest BCUT2D eigenvalue weighted by Crippen LogP contribution is 2.24.